The summed E-state index contributed by atoms with van der Waals surface area (Å²) in [6.45, 7) is 0.0852. The number of hydrogen-bond acceptors (Lipinski definition) is 1. The maximum Gasteiger partial charge on any atom is 0.174 e. The van der Waals surface area contributed by atoms with E-state index in [4.69, 9.17) is 5.11 Å². The zero-order valence-corrected chi connectivity index (χ0v) is 5.64. The van der Waals surface area contributed by atoms with Gasteiger partial charge in [-0.25, -0.2) is 0 Å². The molecule has 2 nitrogen and oxygen atoms in total. The van der Waals surface area contributed by atoms with Crippen LogP contribution in [0.3, 0.4) is 0 Å². The van der Waals surface area contributed by atoms with Gasteiger partial charge in [0.15, 0.2) is 18.6 Å². The molecule has 1 N–H and O–H groups in total. The number of nitrogens with zero attached hydrogens (tertiary/aromatic N) is 1. The van der Waals surface area contributed by atoms with Crippen molar-refractivity contribution >= 4 is 6.20 Å². The van der Waals surface area contributed by atoms with Crippen molar-refractivity contribution in [3.63, 3.8) is 0 Å². The first-order valence-electron chi connectivity index (χ1n) is 3.17. The van der Waals surface area contributed by atoms with E-state index in [-0.39, 0.29) is 6.61 Å². The van der Waals surface area contributed by atoms with Gasteiger partial charge in [0, 0.05) is 18.2 Å². The highest BCUT2D eigenvalue weighted by Gasteiger charge is 1.86. The third kappa shape index (κ3) is 1.99. The molecule has 0 unspecified atom stereocenters. The molecule has 0 bridgehead atoms. The number of aliphatic hydroxyl groups is 1. The molecule has 0 aliphatic heterocycles. The zero-order chi connectivity index (χ0) is 7.23. The van der Waals surface area contributed by atoms with Gasteiger partial charge < -0.3 is 5.11 Å². The summed E-state index contributed by atoms with van der Waals surface area (Å²) in [5.74, 6) is 0. The van der Waals surface area contributed by atoms with E-state index >= 15 is 0 Å². The summed E-state index contributed by atoms with van der Waals surface area (Å²) in [7, 11) is 0. The predicted octanol–water partition coefficient (Wildman–Crippen LogP) is 0.437. The molecule has 0 radical (unpaired) electrons. The number of rotatable bonds is 2. The van der Waals surface area contributed by atoms with Crippen molar-refractivity contribution in [3.8, 4) is 0 Å². The van der Waals surface area contributed by atoms with E-state index in [0.29, 0.717) is 0 Å². The fourth-order valence-corrected chi connectivity index (χ4v) is 0.680. The Hall–Kier alpha value is -1.15. The van der Waals surface area contributed by atoms with Gasteiger partial charge in [-0.05, 0) is 0 Å². The van der Waals surface area contributed by atoms with Crippen molar-refractivity contribution in [2.45, 2.75) is 0 Å². The van der Waals surface area contributed by atoms with Crippen LogP contribution in [0.5, 0.6) is 0 Å². The Morgan fingerprint density at radius 1 is 1.20 bits per heavy atom. The second-order valence-electron chi connectivity index (χ2n) is 1.89. The van der Waals surface area contributed by atoms with E-state index < -0.39 is 0 Å². The normalized spacial score (nSPS) is 10.5. The Bertz CT molecular complexity index is 206. The third-order valence-corrected chi connectivity index (χ3v) is 1.12. The van der Waals surface area contributed by atoms with E-state index in [1.807, 2.05) is 35.2 Å². The van der Waals surface area contributed by atoms with Gasteiger partial charge in [-0.1, -0.05) is 6.07 Å². The molecule has 0 aromatic carbocycles. The summed E-state index contributed by atoms with van der Waals surface area (Å²) in [5, 5.41) is 8.43. The zero-order valence-electron chi connectivity index (χ0n) is 5.64. The lowest BCUT2D eigenvalue weighted by molar-refractivity contribution is -0.568. The molecule has 0 amide bonds. The lowest BCUT2D eigenvalue weighted by Gasteiger charge is -1.82. The number of aromatic nitrogens is 1. The van der Waals surface area contributed by atoms with Crippen LogP contribution in [0.4, 0.5) is 0 Å². The molecular weight excluding hydrogens is 126 g/mol. The highest BCUT2D eigenvalue weighted by atomic mass is 16.2. The molecule has 0 saturated carbocycles. The van der Waals surface area contributed by atoms with Gasteiger partial charge in [0.05, 0.1) is 6.61 Å². The van der Waals surface area contributed by atoms with Gasteiger partial charge in [-0.3, -0.25) is 0 Å². The first-order valence-corrected chi connectivity index (χ1v) is 3.17. The number of hydrogen-bond donors (Lipinski definition) is 1. The summed E-state index contributed by atoms with van der Waals surface area (Å²) in [5.41, 5.74) is 0. The summed E-state index contributed by atoms with van der Waals surface area (Å²) >= 11 is 0. The molecule has 0 fully saturated rings. The summed E-state index contributed by atoms with van der Waals surface area (Å²) in [6, 6.07) is 5.81. The van der Waals surface area contributed by atoms with E-state index in [0.717, 1.165) is 0 Å². The van der Waals surface area contributed by atoms with Gasteiger partial charge in [0.2, 0.25) is 0 Å². The fourth-order valence-electron chi connectivity index (χ4n) is 0.680. The molecule has 0 atom stereocenters. The topological polar surface area (TPSA) is 24.1 Å². The van der Waals surface area contributed by atoms with Crippen LogP contribution >= 0.6 is 0 Å². The standard InChI is InChI=1S/C8H10NO/c10-8-4-7-9-5-2-1-3-6-9/h1-7,10H,8H2/q+1/b7-4+. The summed E-state index contributed by atoms with van der Waals surface area (Å²) < 4.78 is 1.87. The average Bonchev–Trinajstić information content (AvgIpc) is 2.03. The molecule has 1 rings (SSSR count). The second-order valence-corrected chi connectivity index (χ2v) is 1.89. The van der Waals surface area contributed by atoms with Crippen LogP contribution in [-0.4, -0.2) is 11.7 Å². The number of aliphatic hydroxyl groups excluding tert-OH is 1. The van der Waals surface area contributed by atoms with Gasteiger partial charge >= 0.3 is 0 Å². The average molecular weight is 136 g/mol. The Kier molecular flexibility index (Phi) is 2.64. The lowest BCUT2D eigenvalue weighted by Crippen LogP contribution is -2.23. The Morgan fingerprint density at radius 2 is 1.90 bits per heavy atom. The number of pyridine rings is 1. The molecule has 1 heterocycles. The van der Waals surface area contributed by atoms with E-state index in [1.54, 1.807) is 12.3 Å². The monoisotopic (exact) mass is 136 g/mol. The molecule has 0 aliphatic carbocycles. The van der Waals surface area contributed by atoms with Crippen LogP contribution in [0.25, 0.3) is 6.20 Å². The Balaban J connectivity index is 2.67. The quantitative estimate of drug-likeness (QED) is 0.586. The van der Waals surface area contributed by atoms with E-state index in [1.165, 1.54) is 0 Å². The first-order chi connectivity index (χ1) is 4.93. The van der Waals surface area contributed by atoms with Crippen molar-refractivity contribution in [1.29, 1.82) is 0 Å². The molecule has 1 aromatic heterocycles. The van der Waals surface area contributed by atoms with Crippen LogP contribution in [0.2, 0.25) is 0 Å². The highest BCUT2D eigenvalue weighted by Crippen LogP contribution is 1.76. The van der Waals surface area contributed by atoms with Crippen molar-refractivity contribution < 1.29 is 9.67 Å². The van der Waals surface area contributed by atoms with Gasteiger partial charge in [-0.2, -0.15) is 4.57 Å². The van der Waals surface area contributed by atoms with Crippen LogP contribution in [0.1, 0.15) is 0 Å². The van der Waals surface area contributed by atoms with Crippen molar-refractivity contribution in [2.24, 2.45) is 0 Å². The molecule has 0 aliphatic rings. The van der Waals surface area contributed by atoms with Gasteiger partial charge in [-0.15, -0.1) is 0 Å². The predicted molar refractivity (Wildman–Crippen MR) is 39.1 cm³/mol. The minimum Gasteiger partial charge on any atom is -0.392 e. The molecule has 2 heteroatoms. The molecule has 0 spiro atoms. The minimum atomic E-state index is 0.0852. The maximum atomic E-state index is 8.43. The molecule has 0 saturated heterocycles. The smallest absolute Gasteiger partial charge is 0.174 e. The third-order valence-electron chi connectivity index (χ3n) is 1.12. The fraction of sp³-hybridized carbons (Fsp3) is 0.125. The Morgan fingerprint density at radius 3 is 2.50 bits per heavy atom. The van der Waals surface area contributed by atoms with Crippen molar-refractivity contribution in [1.82, 2.24) is 0 Å². The van der Waals surface area contributed by atoms with Crippen molar-refractivity contribution in [3.05, 3.63) is 36.7 Å². The van der Waals surface area contributed by atoms with Crippen LogP contribution < -0.4 is 4.57 Å². The molecule has 10 heavy (non-hydrogen) atoms. The van der Waals surface area contributed by atoms with Crippen LogP contribution in [-0.2, 0) is 0 Å². The summed E-state index contributed by atoms with van der Waals surface area (Å²) in [6.07, 6.45) is 7.30. The van der Waals surface area contributed by atoms with Crippen molar-refractivity contribution in [2.75, 3.05) is 6.61 Å². The largest absolute Gasteiger partial charge is 0.392 e. The minimum absolute atomic E-state index is 0.0852. The lowest BCUT2D eigenvalue weighted by atomic mass is 10.5. The molecular formula is C8H10NO+. The highest BCUT2D eigenvalue weighted by molar-refractivity contribution is 5.05. The van der Waals surface area contributed by atoms with Gasteiger partial charge in [0.1, 0.15) is 0 Å². The van der Waals surface area contributed by atoms with E-state index in [9.17, 15) is 0 Å². The summed E-state index contributed by atoms with van der Waals surface area (Å²) in [4.78, 5) is 0. The maximum absolute atomic E-state index is 8.43. The second kappa shape index (κ2) is 3.80. The SMILES string of the molecule is OC/C=C/[n+]1ccccc1. The molecule has 52 valence electrons. The first kappa shape index (κ1) is 6.96. The van der Waals surface area contributed by atoms with Gasteiger partial charge in [0.25, 0.3) is 0 Å². The Labute approximate surface area is 60.1 Å². The van der Waals surface area contributed by atoms with Crippen LogP contribution in [0, 0.1) is 0 Å². The van der Waals surface area contributed by atoms with E-state index in [2.05, 4.69) is 0 Å². The van der Waals surface area contributed by atoms with Crippen LogP contribution in [0.15, 0.2) is 36.7 Å². The molecule has 1 aromatic rings.